The summed E-state index contributed by atoms with van der Waals surface area (Å²) in [6.07, 6.45) is 12.5. The van der Waals surface area contributed by atoms with Gasteiger partial charge >= 0.3 is 0 Å². The van der Waals surface area contributed by atoms with Crippen molar-refractivity contribution >= 4 is 0 Å². The molecule has 1 aliphatic carbocycles. The molecule has 0 radical (unpaired) electrons. The van der Waals surface area contributed by atoms with Gasteiger partial charge < -0.3 is 10.1 Å². The van der Waals surface area contributed by atoms with Crippen molar-refractivity contribution in [1.29, 1.82) is 0 Å². The summed E-state index contributed by atoms with van der Waals surface area (Å²) in [5.74, 6) is 1.93. The number of ether oxygens (including phenoxy) is 1. The Kier molecular flexibility index (Phi) is 8.70. The zero-order chi connectivity index (χ0) is 13.2. The van der Waals surface area contributed by atoms with Gasteiger partial charge in [-0.3, -0.25) is 0 Å². The van der Waals surface area contributed by atoms with Crippen LogP contribution in [0.3, 0.4) is 0 Å². The largest absolute Gasteiger partial charge is 0.385 e. The number of methoxy groups -OCH3 is 1. The van der Waals surface area contributed by atoms with Crippen molar-refractivity contribution < 1.29 is 4.74 Å². The molecular weight excluding hydrogens is 222 g/mol. The molecule has 1 aliphatic rings. The van der Waals surface area contributed by atoms with E-state index in [1.54, 1.807) is 7.11 Å². The van der Waals surface area contributed by atoms with E-state index < -0.39 is 0 Å². The van der Waals surface area contributed by atoms with E-state index in [0.29, 0.717) is 6.04 Å². The molecule has 108 valence electrons. The zero-order valence-electron chi connectivity index (χ0n) is 12.7. The van der Waals surface area contributed by atoms with Crippen molar-refractivity contribution in [1.82, 2.24) is 5.32 Å². The van der Waals surface area contributed by atoms with Gasteiger partial charge in [0.2, 0.25) is 0 Å². The minimum atomic E-state index is 0.715. The summed E-state index contributed by atoms with van der Waals surface area (Å²) in [4.78, 5) is 0. The number of unbranched alkanes of at least 4 members (excludes halogenated alkanes) is 1. The lowest BCUT2D eigenvalue weighted by atomic mass is 9.76. The first-order valence-corrected chi connectivity index (χ1v) is 7.98. The summed E-state index contributed by atoms with van der Waals surface area (Å²) in [5.41, 5.74) is 0. The van der Waals surface area contributed by atoms with Gasteiger partial charge in [0.15, 0.2) is 0 Å². The molecule has 1 unspecified atom stereocenters. The summed E-state index contributed by atoms with van der Waals surface area (Å²) in [7, 11) is 3.92. The molecular formula is C16H33NO. The lowest BCUT2D eigenvalue weighted by Crippen LogP contribution is -2.36. The molecule has 0 amide bonds. The normalized spacial score (nSPS) is 26.2. The van der Waals surface area contributed by atoms with Crippen LogP contribution in [-0.2, 0) is 4.74 Å². The molecule has 2 heteroatoms. The fraction of sp³-hybridized carbons (Fsp3) is 1.00. The van der Waals surface area contributed by atoms with Crippen molar-refractivity contribution in [2.45, 2.75) is 70.8 Å². The van der Waals surface area contributed by atoms with E-state index in [9.17, 15) is 0 Å². The summed E-state index contributed by atoms with van der Waals surface area (Å²) >= 11 is 0. The summed E-state index contributed by atoms with van der Waals surface area (Å²) in [6.45, 7) is 3.21. The zero-order valence-corrected chi connectivity index (χ0v) is 12.7. The van der Waals surface area contributed by atoms with Crippen LogP contribution in [-0.4, -0.2) is 26.8 Å². The Bertz CT molecular complexity index is 188. The highest BCUT2D eigenvalue weighted by atomic mass is 16.5. The molecule has 1 saturated carbocycles. The highest BCUT2D eigenvalue weighted by Crippen LogP contribution is 2.34. The van der Waals surface area contributed by atoms with Crippen LogP contribution in [0.5, 0.6) is 0 Å². The number of hydrogen-bond acceptors (Lipinski definition) is 2. The molecule has 1 N–H and O–H groups in total. The maximum atomic E-state index is 5.16. The third kappa shape index (κ3) is 5.71. The van der Waals surface area contributed by atoms with E-state index in [2.05, 4.69) is 19.3 Å². The fourth-order valence-corrected chi connectivity index (χ4v) is 3.44. The van der Waals surface area contributed by atoms with Gasteiger partial charge in [-0.25, -0.2) is 0 Å². The van der Waals surface area contributed by atoms with Crippen molar-refractivity contribution in [3.63, 3.8) is 0 Å². The molecule has 2 nitrogen and oxygen atoms in total. The first kappa shape index (κ1) is 16.0. The topological polar surface area (TPSA) is 21.3 Å². The second-order valence-corrected chi connectivity index (χ2v) is 5.95. The summed E-state index contributed by atoms with van der Waals surface area (Å²) < 4.78 is 5.16. The minimum Gasteiger partial charge on any atom is -0.385 e. The molecule has 0 bridgehead atoms. The number of nitrogens with one attached hydrogen (secondary N) is 1. The molecule has 1 atom stereocenters. The molecule has 0 saturated heterocycles. The lowest BCUT2D eigenvalue weighted by Gasteiger charge is -2.34. The van der Waals surface area contributed by atoms with Crippen LogP contribution in [0, 0.1) is 11.8 Å². The Morgan fingerprint density at radius 1 is 1.17 bits per heavy atom. The molecule has 0 aromatic rings. The first-order valence-electron chi connectivity index (χ1n) is 7.98. The summed E-state index contributed by atoms with van der Waals surface area (Å²) in [5, 5.41) is 3.53. The van der Waals surface area contributed by atoms with Crippen LogP contribution >= 0.6 is 0 Å². The van der Waals surface area contributed by atoms with Gasteiger partial charge in [-0.15, -0.1) is 0 Å². The third-order valence-electron chi connectivity index (χ3n) is 4.66. The van der Waals surface area contributed by atoms with E-state index in [1.807, 2.05) is 0 Å². The van der Waals surface area contributed by atoms with E-state index in [1.165, 1.54) is 57.8 Å². The maximum Gasteiger partial charge on any atom is 0.0462 e. The first-order chi connectivity index (χ1) is 8.81. The van der Waals surface area contributed by atoms with E-state index in [0.717, 1.165) is 18.4 Å². The van der Waals surface area contributed by atoms with Gasteiger partial charge in [-0.1, -0.05) is 39.0 Å². The van der Waals surface area contributed by atoms with Gasteiger partial charge in [0.1, 0.15) is 0 Å². The second-order valence-electron chi connectivity index (χ2n) is 5.95. The number of hydrogen-bond donors (Lipinski definition) is 1. The van der Waals surface area contributed by atoms with E-state index >= 15 is 0 Å². The van der Waals surface area contributed by atoms with Crippen LogP contribution < -0.4 is 5.32 Å². The molecule has 1 rings (SSSR count). The highest BCUT2D eigenvalue weighted by Gasteiger charge is 2.26. The van der Waals surface area contributed by atoms with Gasteiger partial charge in [-0.05, 0) is 44.6 Å². The smallest absolute Gasteiger partial charge is 0.0462 e. The van der Waals surface area contributed by atoms with Crippen molar-refractivity contribution in [2.24, 2.45) is 11.8 Å². The molecule has 0 aromatic heterocycles. The SMILES string of the molecule is CCCCC1CCC(C(CCCOC)NC)CC1. The van der Waals surface area contributed by atoms with Crippen LogP contribution in [0.1, 0.15) is 64.7 Å². The van der Waals surface area contributed by atoms with Crippen LogP contribution in [0.2, 0.25) is 0 Å². The van der Waals surface area contributed by atoms with Gasteiger partial charge in [0.25, 0.3) is 0 Å². The molecule has 0 aromatic carbocycles. The summed E-state index contributed by atoms with van der Waals surface area (Å²) in [6, 6.07) is 0.715. The Morgan fingerprint density at radius 2 is 1.89 bits per heavy atom. The maximum absolute atomic E-state index is 5.16. The fourth-order valence-electron chi connectivity index (χ4n) is 3.44. The molecule has 0 heterocycles. The van der Waals surface area contributed by atoms with E-state index in [4.69, 9.17) is 4.74 Å². The third-order valence-corrected chi connectivity index (χ3v) is 4.66. The van der Waals surface area contributed by atoms with Crippen molar-refractivity contribution in [2.75, 3.05) is 20.8 Å². The van der Waals surface area contributed by atoms with Crippen LogP contribution in [0.25, 0.3) is 0 Å². The Morgan fingerprint density at radius 3 is 2.44 bits per heavy atom. The molecule has 1 fully saturated rings. The lowest BCUT2D eigenvalue weighted by molar-refractivity contribution is 0.171. The Labute approximate surface area is 114 Å². The van der Waals surface area contributed by atoms with Crippen LogP contribution in [0.15, 0.2) is 0 Å². The van der Waals surface area contributed by atoms with Gasteiger partial charge in [0.05, 0.1) is 0 Å². The molecule has 18 heavy (non-hydrogen) atoms. The average Bonchev–Trinajstić information content (AvgIpc) is 2.42. The predicted octanol–water partition coefficient (Wildman–Crippen LogP) is 4.00. The molecule has 0 aliphatic heterocycles. The minimum absolute atomic E-state index is 0.715. The molecule has 0 spiro atoms. The van der Waals surface area contributed by atoms with Gasteiger partial charge in [0, 0.05) is 19.8 Å². The Balaban J connectivity index is 2.22. The monoisotopic (exact) mass is 255 g/mol. The predicted molar refractivity (Wildman–Crippen MR) is 78.9 cm³/mol. The average molecular weight is 255 g/mol. The Hall–Kier alpha value is -0.0800. The van der Waals surface area contributed by atoms with E-state index in [-0.39, 0.29) is 0 Å². The quantitative estimate of drug-likeness (QED) is 0.629. The second kappa shape index (κ2) is 9.80. The number of rotatable bonds is 9. The standard InChI is InChI=1S/C16H33NO/c1-4-5-7-14-9-11-15(12-10-14)16(17-2)8-6-13-18-3/h14-17H,4-13H2,1-3H3. The van der Waals surface area contributed by atoms with Gasteiger partial charge in [-0.2, -0.15) is 0 Å². The highest BCUT2D eigenvalue weighted by molar-refractivity contribution is 4.81. The van der Waals surface area contributed by atoms with Crippen LogP contribution in [0.4, 0.5) is 0 Å². The van der Waals surface area contributed by atoms with Crippen molar-refractivity contribution in [3.05, 3.63) is 0 Å². The van der Waals surface area contributed by atoms with Crippen molar-refractivity contribution in [3.8, 4) is 0 Å².